The molecule has 5 heteroatoms. The summed E-state index contributed by atoms with van der Waals surface area (Å²) in [6, 6.07) is 17.5. The normalized spacial score (nSPS) is 12.8. The molecular formula is C20H18BrN3O. The Bertz CT molecular complexity index is 901. The van der Waals surface area contributed by atoms with Crippen molar-refractivity contribution in [2.75, 3.05) is 0 Å². The summed E-state index contributed by atoms with van der Waals surface area (Å²) in [6.45, 7) is 0.455. The highest BCUT2D eigenvalue weighted by atomic mass is 79.9. The van der Waals surface area contributed by atoms with E-state index in [-0.39, 0.29) is 5.91 Å². The van der Waals surface area contributed by atoms with E-state index >= 15 is 0 Å². The van der Waals surface area contributed by atoms with Crippen LogP contribution in [0.5, 0.6) is 0 Å². The van der Waals surface area contributed by atoms with Crippen molar-refractivity contribution in [1.82, 2.24) is 15.1 Å². The molecule has 0 aliphatic heterocycles. The quantitative estimate of drug-likeness (QED) is 0.723. The van der Waals surface area contributed by atoms with Gasteiger partial charge in [-0.05, 0) is 61.2 Å². The molecule has 3 aromatic rings. The second-order valence-electron chi connectivity index (χ2n) is 6.16. The number of fused-ring (bicyclic) bond motifs is 1. The smallest absolute Gasteiger partial charge is 0.251 e. The molecular weight excluding hydrogens is 378 g/mol. The second-order valence-corrected chi connectivity index (χ2v) is 7.08. The number of aromatic nitrogens is 2. The van der Waals surface area contributed by atoms with Gasteiger partial charge in [0.15, 0.2) is 0 Å². The van der Waals surface area contributed by atoms with E-state index in [2.05, 4.69) is 33.4 Å². The highest BCUT2D eigenvalue weighted by Crippen LogP contribution is 2.27. The molecule has 0 saturated carbocycles. The Balaban J connectivity index is 1.55. The lowest BCUT2D eigenvalue weighted by atomic mass is 10.2. The van der Waals surface area contributed by atoms with E-state index < -0.39 is 0 Å². The van der Waals surface area contributed by atoms with E-state index in [4.69, 9.17) is 5.10 Å². The molecule has 0 radical (unpaired) electrons. The minimum Gasteiger partial charge on any atom is -0.346 e. The monoisotopic (exact) mass is 395 g/mol. The van der Waals surface area contributed by atoms with Crippen molar-refractivity contribution in [2.24, 2.45) is 0 Å². The number of nitrogens with one attached hydrogen (secondary N) is 1. The molecule has 1 aliphatic carbocycles. The first-order valence-corrected chi connectivity index (χ1v) is 9.20. The summed E-state index contributed by atoms with van der Waals surface area (Å²) in [4.78, 5) is 12.3. The van der Waals surface area contributed by atoms with Crippen LogP contribution in [0.1, 0.15) is 33.7 Å². The number of hydrogen-bond acceptors (Lipinski definition) is 2. The van der Waals surface area contributed by atoms with Crippen LogP contribution >= 0.6 is 15.9 Å². The van der Waals surface area contributed by atoms with Crippen LogP contribution in [0, 0.1) is 0 Å². The minimum absolute atomic E-state index is 0.0755. The van der Waals surface area contributed by atoms with Crippen LogP contribution in [0.2, 0.25) is 0 Å². The molecule has 0 saturated heterocycles. The molecule has 1 N–H and O–H groups in total. The zero-order valence-corrected chi connectivity index (χ0v) is 15.3. The Hall–Kier alpha value is -2.40. The molecule has 1 amide bonds. The molecule has 2 aromatic carbocycles. The third-order valence-electron chi connectivity index (χ3n) is 4.54. The number of carbonyl (C=O) groups excluding carboxylic acids is 1. The van der Waals surface area contributed by atoms with Gasteiger partial charge in [0.25, 0.3) is 5.91 Å². The lowest BCUT2D eigenvalue weighted by Gasteiger charge is -2.06. The third kappa shape index (κ3) is 3.24. The van der Waals surface area contributed by atoms with Crippen molar-refractivity contribution in [1.29, 1.82) is 0 Å². The van der Waals surface area contributed by atoms with Gasteiger partial charge in [0.2, 0.25) is 0 Å². The summed E-state index contributed by atoms with van der Waals surface area (Å²) in [6.07, 6.45) is 3.22. The SMILES string of the molecule is O=C(NCc1nn(-c2ccccc2)c2c1CCC2)c1ccc(Br)cc1. The predicted molar refractivity (Wildman–Crippen MR) is 101 cm³/mol. The summed E-state index contributed by atoms with van der Waals surface area (Å²) in [5.74, 6) is -0.0755. The molecule has 4 rings (SSSR count). The van der Waals surface area contributed by atoms with Gasteiger partial charge in [-0.25, -0.2) is 4.68 Å². The number of benzene rings is 2. The van der Waals surface area contributed by atoms with Gasteiger partial charge in [0.05, 0.1) is 17.9 Å². The van der Waals surface area contributed by atoms with E-state index in [1.54, 1.807) is 0 Å². The fraction of sp³-hybridized carbons (Fsp3) is 0.200. The Kier molecular flexibility index (Phi) is 4.40. The molecule has 126 valence electrons. The molecule has 1 aliphatic rings. The first-order valence-electron chi connectivity index (χ1n) is 8.41. The predicted octanol–water partition coefficient (Wildman–Crippen LogP) is 4.05. The largest absolute Gasteiger partial charge is 0.346 e. The molecule has 1 aromatic heterocycles. The fourth-order valence-electron chi connectivity index (χ4n) is 3.31. The van der Waals surface area contributed by atoms with E-state index in [9.17, 15) is 4.79 Å². The van der Waals surface area contributed by atoms with Gasteiger partial charge in [-0.2, -0.15) is 5.10 Å². The van der Waals surface area contributed by atoms with Crippen molar-refractivity contribution < 1.29 is 4.79 Å². The number of carbonyl (C=O) groups is 1. The molecule has 4 nitrogen and oxygen atoms in total. The number of amides is 1. The van der Waals surface area contributed by atoms with Gasteiger partial charge in [0, 0.05) is 15.7 Å². The molecule has 0 bridgehead atoms. The van der Waals surface area contributed by atoms with Gasteiger partial charge in [-0.1, -0.05) is 34.1 Å². The maximum absolute atomic E-state index is 12.3. The number of halogens is 1. The van der Waals surface area contributed by atoms with Gasteiger partial charge in [-0.15, -0.1) is 0 Å². The Morgan fingerprint density at radius 2 is 1.84 bits per heavy atom. The van der Waals surface area contributed by atoms with Crippen molar-refractivity contribution in [3.63, 3.8) is 0 Å². The van der Waals surface area contributed by atoms with Gasteiger partial charge >= 0.3 is 0 Å². The van der Waals surface area contributed by atoms with Crippen molar-refractivity contribution in [3.05, 3.63) is 81.6 Å². The van der Waals surface area contributed by atoms with E-state index in [0.29, 0.717) is 12.1 Å². The third-order valence-corrected chi connectivity index (χ3v) is 5.07. The topological polar surface area (TPSA) is 46.9 Å². The summed E-state index contributed by atoms with van der Waals surface area (Å²) < 4.78 is 2.99. The maximum Gasteiger partial charge on any atom is 0.251 e. The van der Waals surface area contributed by atoms with E-state index in [1.807, 2.05) is 47.1 Å². The second kappa shape index (κ2) is 6.84. The summed E-state index contributed by atoms with van der Waals surface area (Å²) in [7, 11) is 0. The van der Waals surface area contributed by atoms with Crippen LogP contribution in [0.3, 0.4) is 0 Å². The van der Waals surface area contributed by atoms with Crippen LogP contribution in [0.15, 0.2) is 59.1 Å². The molecule has 0 spiro atoms. The van der Waals surface area contributed by atoms with Crippen LogP contribution in [-0.2, 0) is 19.4 Å². The highest BCUT2D eigenvalue weighted by Gasteiger charge is 2.23. The molecule has 0 unspecified atom stereocenters. The number of hydrogen-bond donors (Lipinski definition) is 1. The van der Waals surface area contributed by atoms with Crippen LogP contribution in [0.25, 0.3) is 5.69 Å². The van der Waals surface area contributed by atoms with Crippen molar-refractivity contribution >= 4 is 21.8 Å². The summed E-state index contributed by atoms with van der Waals surface area (Å²) >= 11 is 3.38. The number of para-hydroxylation sites is 1. The molecule has 0 fully saturated rings. The minimum atomic E-state index is -0.0755. The van der Waals surface area contributed by atoms with E-state index in [0.717, 1.165) is 35.1 Å². The fourth-order valence-corrected chi connectivity index (χ4v) is 3.57. The maximum atomic E-state index is 12.3. The average Bonchev–Trinajstić information content (AvgIpc) is 3.24. The van der Waals surface area contributed by atoms with Gasteiger partial charge in [0.1, 0.15) is 0 Å². The van der Waals surface area contributed by atoms with E-state index in [1.165, 1.54) is 11.3 Å². The standard InChI is InChI=1S/C20H18BrN3O/c21-15-11-9-14(10-12-15)20(25)22-13-18-17-7-4-8-19(17)24(23-18)16-5-2-1-3-6-16/h1-3,5-6,9-12H,4,7-8,13H2,(H,22,25). The number of nitrogens with zero attached hydrogens (tertiary/aromatic N) is 2. The first kappa shape index (κ1) is 16.1. The zero-order valence-electron chi connectivity index (χ0n) is 13.7. The van der Waals surface area contributed by atoms with Gasteiger partial charge < -0.3 is 5.32 Å². The van der Waals surface area contributed by atoms with Crippen molar-refractivity contribution in [3.8, 4) is 5.69 Å². The first-order chi connectivity index (χ1) is 12.2. The Labute approximate surface area is 155 Å². The average molecular weight is 396 g/mol. The Morgan fingerprint density at radius 1 is 1.08 bits per heavy atom. The highest BCUT2D eigenvalue weighted by molar-refractivity contribution is 9.10. The summed E-state index contributed by atoms with van der Waals surface area (Å²) in [5.41, 5.74) is 5.27. The molecule has 1 heterocycles. The molecule has 25 heavy (non-hydrogen) atoms. The number of rotatable bonds is 4. The van der Waals surface area contributed by atoms with Crippen LogP contribution in [0.4, 0.5) is 0 Å². The van der Waals surface area contributed by atoms with Gasteiger partial charge in [-0.3, -0.25) is 4.79 Å². The van der Waals surface area contributed by atoms with Crippen LogP contribution < -0.4 is 5.32 Å². The molecule has 0 atom stereocenters. The lowest BCUT2D eigenvalue weighted by molar-refractivity contribution is 0.0950. The summed E-state index contributed by atoms with van der Waals surface area (Å²) in [5, 5.41) is 7.78. The van der Waals surface area contributed by atoms with Crippen molar-refractivity contribution in [2.45, 2.75) is 25.8 Å². The zero-order chi connectivity index (χ0) is 17.2. The van der Waals surface area contributed by atoms with Crippen LogP contribution in [-0.4, -0.2) is 15.7 Å². The Morgan fingerprint density at radius 3 is 2.60 bits per heavy atom. The lowest BCUT2D eigenvalue weighted by Crippen LogP contribution is -2.23.